The summed E-state index contributed by atoms with van der Waals surface area (Å²) in [7, 11) is 2.00. The number of amides is 1. The van der Waals surface area contributed by atoms with Crippen molar-refractivity contribution < 1.29 is 4.79 Å². The molecule has 5 heteroatoms. The van der Waals surface area contributed by atoms with Crippen LogP contribution < -0.4 is 0 Å². The number of carbonyl (C=O) groups is 1. The van der Waals surface area contributed by atoms with Gasteiger partial charge in [0.25, 0.3) is 0 Å². The summed E-state index contributed by atoms with van der Waals surface area (Å²) in [5.74, 6) is 1.32. The lowest BCUT2D eigenvalue weighted by Crippen LogP contribution is -2.45. The van der Waals surface area contributed by atoms with E-state index in [-0.39, 0.29) is 11.8 Å². The monoisotopic (exact) mass is 366 g/mol. The first-order valence-electron chi connectivity index (χ1n) is 10.2. The quantitative estimate of drug-likeness (QED) is 0.789. The van der Waals surface area contributed by atoms with Crippen molar-refractivity contribution in [3.63, 3.8) is 0 Å². The van der Waals surface area contributed by atoms with E-state index in [1.165, 1.54) is 24.0 Å². The Balaban J connectivity index is 1.52. The molecular formula is C22H30N4O. The summed E-state index contributed by atoms with van der Waals surface area (Å²) in [5.41, 5.74) is 2.67. The molecule has 0 saturated carbocycles. The first-order chi connectivity index (χ1) is 13.2. The highest BCUT2D eigenvalue weighted by molar-refractivity contribution is 5.80. The SMILES string of the molecule is CCN1CCCC1CN(Cc1nccn1C)C(=O)C1Cc2ccccc2C1. The lowest BCUT2D eigenvalue weighted by atomic mass is 10.0. The fourth-order valence-electron chi connectivity index (χ4n) is 4.72. The van der Waals surface area contributed by atoms with E-state index in [9.17, 15) is 4.79 Å². The molecule has 0 N–H and O–H groups in total. The van der Waals surface area contributed by atoms with Gasteiger partial charge in [-0.05, 0) is 49.9 Å². The molecule has 0 spiro atoms. The summed E-state index contributed by atoms with van der Waals surface area (Å²) >= 11 is 0. The van der Waals surface area contributed by atoms with Crippen molar-refractivity contribution in [2.75, 3.05) is 19.6 Å². The number of hydrogen-bond donors (Lipinski definition) is 0. The lowest BCUT2D eigenvalue weighted by Gasteiger charge is -2.31. The van der Waals surface area contributed by atoms with Crippen molar-refractivity contribution in [3.8, 4) is 0 Å². The second kappa shape index (κ2) is 7.85. The standard InChI is InChI=1S/C22H30N4O/c1-3-25-11-6-9-20(25)15-26(16-21-23-10-12-24(21)2)22(27)19-13-17-7-4-5-8-18(17)14-19/h4-5,7-8,10,12,19-20H,3,6,9,11,13-16H2,1-2H3. The Kier molecular flexibility index (Phi) is 5.30. The molecule has 1 fully saturated rings. The number of carbonyl (C=O) groups excluding carboxylic acids is 1. The van der Waals surface area contributed by atoms with Gasteiger partial charge in [0.2, 0.25) is 5.91 Å². The van der Waals surface area contributed by atoms with Crippen LogP contribution in [0.3, 0.4) is 0 Å². The number of fused-ring (bicyclic) bond motifs is 1. The van der Waals surface area contributed by atoms with E-state index >= 15 is 0 Å². The summed E-state index contributed by atoms with van der Waals surface area (Å²) in [6.45, 7) is 5.84. The third-order valence-corrected chi connectivity index (χ3v) is 6.30. The number of nitrogens with zero attached hydrogens (tertiary/aromatic N) is 4. The molecule has 144 valence electrons. The Morgan fingerprint density at radius 3 is 2.63 bits per heavy atom. The molecule has 1 unspecified atom stereocenters. The number of hydrogen-bond acceptors (Lipinski definition) is 3. The number of benzene rings is 1. The highest BCUT2D eigenvalue weighted by Gasteiger charge is 2.33. The molecule has 1 aromatic carbocycles. The largest absolute Gasteiger partial charge is 0.337 e. The van der Waals surface area contributed by atoms with Crippen molar-refractivity contribution in [1.82, 2.24) is 19.4 Å². The minimum Gasteiger partial charge on any atom is -0.337 e. The number of likely N-dealkylation sites (tertiary alicyclic amines) is 1. The van der Waals surface area contributed by atoms with Crippen LogP contribution in [0, 0.1) is 5.92 Å². The molecule has 1 amide bonds. The molecule has 0 radical (unpaired) electrons. The van der Waals surface area contributed by atoms with E-state index in [0.29, 0.717) is 12.6 Å². The average Bonchev–Trinajstić information content (AvgIpc) is 3.40. The van der Waals surface area contributed by atoms with Crippen molar-refractivity contribution in [3.05, 3.63) is 53.6 Å². The summed E-state index contributed by atoms with van der Waals surface area (Å²) in [4.78, 5) is 22.6. The van der Waals surface area contributed by atoms with Gasteiger partial charge in [-0.2, -0.15) is 0 Å². The molecule has 1 aliphatic heterocycles. The zero-order chi connectivity index (χ0) is 18.8. The fourth-order valence-corrected chi connectivity index (χ4v) is 4.72. The maximum Gasteiger partial charge on any atom is 0.226 e. The van der Waals surface area contributed by atoms with Crippen LogP contribution in [0.25, 0.3) is 0 Å². The van der Waals surface area contributed by atoms with E-state index in [1.54, 1.807) is 0 Å². The molecule has 2 aromatic rings. The highest BCUT2D eigenvalue weighted by atomic mass is 16.2. The molecule has 1 atom stereocenters. The summed E-state index contributed by atoms with van der Waals surface area (Å²) in [6, 6.07) is 8.97. The molecule has 1 saturated heterocycles. The van der Waals surface area contributed by atoms with Gasteiger partial charge in [-0.15, -0.1) is 0 Å². The molecule has 5 nitrogen and oxygen atoms in total. The van der Waals surface area contributed by atoms with Gasteiger partial charge in [0.1, 0.15) is 5.82 Å². The Morgan fingerprint density at radius 1 is 1.26 bits per heavy atom. The predicted molar refractivity (Wildman–Crippen MR) is 106 cm³/mol. The summed E-state index contributed by atoms with van der Waals surface area (Å²) in [5, 5.41) is 0. The van der Waals surface area contributed by atoms with E-state index in [4.69, 9.17) is 0 Å². The smallest absolute Gasteiger partial charge is 0.226 e. The second-order valence-corrected chi connectivity index (χ2v) is 7.97. The van der Waals surface area contributed by atoms with E-state index in [1.807, 2.05) is 24.0 Å². The third-order valence-electron chi connectivity index (χ3n) is 6.30. The van der Waals surface area contributed by atoms with Gasteiger partial charge in [-0.3, -0.25) is 9.69 Å². The summed E-state index contributed by atoms with van der Waals surface area (Å²) in [6.07, 6.45) is 7.93. The van der Waals surface area contributed by atoms with Crippen LogP contribution in [0.2, 0.25) is 0 Å². The molecule has 2 aliphatic rings. The minimum absolute atomic E-state index is 0.0687. The van der Waals surface area contributed by atoms with Crippen molar-refractivity contribution in [2.24, 2.45) is 13.0 Å². The Labute approximate surface area is 162 Å². The van der Waals surface area contributed by atoms with Crippen LogP contribution in [-0.2, 0) is 31.2 Å². The van der Waals surface area contributed by atoms with E-state index < -0.39 is 0 Å². The zero-order valence-corrected chi connectivity index (χ0v) is 16.5. The number of likely N-dealkylation sites (N-methyl/N-ethyl adjacent to an activating group) is 1. The van der Waals surface area contributed by atoms with Gasteiger partial charge in [0, 0.05) is 37.9 Å². The van der Waals surface area contributed by atoms with Gasteiger partial charge in [-0.1, -0.05) is 31.2 Å². The van der Waals surface area contributed by atoms with Crippen LogP contribution in [0.15, 0.2) is 36.7 Å². The first kappa shape index (κ1) is 18.2. The van der Waals surface area contributed by atoms with E-state index in [2.05, 4.69) is 46.0 Å². The van der Waals surface area contributed by atoms with Crippen LogP contribution in [-0.4, -0.2) is 50.9 Å². The molecule has 4 rings (SSSR count). The highest BCUT2D eigenvalue weighted by Crippen LogP contribution is 2.29. The Morgan fingerprint density at radius 2 is 2.00 bits per heavy atom. The molecular weight excluding hydrogens is 336 g/mol. The van der Waals surface area contributed by atoms with Crippen molar-refractivity contribution in [1.29, 1.82) is 0 Å². The van der Waals surface area contributed by atoms with Crippen LogP contribution >= 0.6 is 0 Å². The van der Waals surface area contributed by atoms with E-state index in [0.717, 1.165) is 38.3 Å². The number of aromatic nitrogens is 2. The van der Waals surface area contributed by atoms with Crippen LogP contribution in [0.5, 0.6) is 0 Å². The predicted octanol–water partition coefficient (Wildman–Crippen LogP) is 2.65. The number of aryl methyl sites for hydroxylation is 1. The van der Waals surface area contributed by atoms with Gasteiger partial charge in [0.05, 0.1) is 6.54 Å². The molecule has 1 aliphatic carbocycles. The minimum atomic E-state index is 0.0687. The number of rotatable bonds is 6. The van der Waals surface area contributed by atoms with Crippen molar-refractivity contribution in [2.45, 2.75) is 45.2 Å². The topological polar surface area (TPSA) is 41.4 Å². The Bertz CT molecular complexity index is 774. The third kappa shape index (κ3) is 3.79. The maximum absolute atomic E-state index is 13.5. The summed E-state index contributed by atoms with van der Waals surface area (Å²) < 4.78 is 2.02. The molecule has 2 heterocycles. The number of imidazole rings is 1. The first-order valence-corrected chi connectivity index (χ1v) is 10.2. The second-order valence-electron chi connectivity index (χ2n) is 7.97. The van der Waals surface area contributed by atoms with Crippen LogP contribution in [0.4, 0.5) is 0 Å². The molecule has 0 bridgehead atoms. The van der Waals surface area contributed by atoms with Gasteiger partial charge >= 0.3 is 0 Å². The van der Waals surface area contributed by atoms with Gasteiger partial charge in [-0.25, -0.2) is 4.98 Å². The Hall–Kier alpha value is -2.14. The maximum atomic E-state index is 13.5. The van der Waals surface area contributed by atoms with Crippen molar-refractivity contribution >= 4 is 5.91 Å². The average molecular weight is 367 g/mol. The van der Waals surface area contributed by atoms with Gasteiger partial charge in [0.15, 0.2) is 0 Å². The fraction of sp³-hybridized carbons (Fsp3) is 0.545. The van der Waals surface area contributed by atoms with Gasteiger partial charge < -0.3 is 9.47 Å². The zero-order valence-electron chi connectivity index (χ0n) is 16.5. The lowest BCUT2D eigenvalue weighted by molar-refractivity contribution is -0.136. The molecule has 27 heavy (non-hydrogen) atoms. The molecule has 1 aromatic heterocycles. The normalized spacial score (nSPS) is 20.1. The van der Waals surface area contributed by atoms with Crippen LogP contribution in [0.1, 0.15) is 36.7 Å².